The SMILES string of the molecule is O=C(O)c1ccc(Oc2ccccc2NS(=O)(=O)c2ccc(C(F)(F)F)cc2)cc1C(=O)O. The van der Waals surface area contributed by atoms with Crippen molar-refractivity contribution in [1.29, 1.82) is 0 Å². The zero-order chi connectivity index (χ0) is 24.4. The first-order valence-corrected chi connectivity index (χ1v) is 10.4. The highest BCUT2D eigenvalue weighted by molar-refractivity contribution is 7.92. The molecular weight excluding hydrogens is 467 g/mol. The molecule has 0 atom stereocenters. The van der Waals surface area contributed by atoms with E-state index >= 15 is 0 Å². The topological polar surface area (TPSA) is 130 Å². The van der Waals surface area contributed by atoms with E-state index in [9.17, 15) is 36.3 Å². The molecule has 0 aliphatic carbocycles. The molecule has 8 nitrogen and oxygen atoms in total. The molecule has 0 radical (unpaired) electrons. The summed E-state index contributed by atoms with van der Waals surface area (Å²) in [5, 5.41) is 18.3. The number of anilines is 1. The molecule has 0 saturated carbocycles. The summed E-state index contributed by atoms with van der Waals surface area (Å²) in [6.45, 7) is 0. The normalized spacial score (nSPS) is 11.6. The Morgan fingerprint density at radius 2 is 1.45 bits per heavy atom. The second-order valence-electron chi connectivity index (χ2n) is 6.54. The molecule has 0 aliphatic heterocycles. The van der Waals surface area contributed by atoms with Gasteiger partial charge >= 0.3 is 18.1 Å². The number of hydrogen-bond acceptors (Lipinski definition) is 5. The second kappa shape index (κ2) is 8.82. The van der Waals surface area contributed by atoms with Crippen molar-refractivity contribution in [1.82, 2.24) is 0 Å². The van der Waals surface area contributed by atoms with Crippen LogP contribution >= 0.6 is 0 Å². The van der Waals surface area contributed by atoms with Gasteiger partial charge in [-0.1, -0.05) is 12.1 Å². The fourth-order valence-corrected chi connectivity index (χ4v) is 3.81. The van der Waals surface area contributed by atoms with E-state index in [1.165, 1.54) is 30.3 Å². The van der Waals surface area contributed by atoms with Gasteiger partial charge in [-0.05, 0) is 54.6 Å². The number of ether oxygens (including phenoxy) is 1. The molecule has 0 aliphatic rings. The third-order valence-electron chi connectivity index (χ3n) is 4.30. The van der Waals surface area contributed by atoms with Crippen molar-refractivity contribution in [3.8, 4) is 11.5 Å². The highest BCUT2D eigenvalue weighted by Gasteiger charge is 2.30. The smallest absolute Gasteiger partial charge is 0.416 e. The summed E-state index contributed by atoms with van der Waals surface area (Å²) in [6, 6.07) is 11.7. The van der Waals surface area contributed by atoms with E-state index in [1.807, 2.05) is 0 Å². The van der Waals surface area contributed by atoms with Gasteiger partial charge in [0.05, 0.1) is 27.3 Å². The molecule has 3 aromatic rings. The van der Waals surface area contributed by atoms with Gasteiger partial charge in [0.15, 0.2) is 5.75 Å². The Morgan fingerprint density at radius 3 is 2.03 bits per heavy atom. The van der Waals surface area contributed by atoms with Crippen molar-refractivity contribution < 1.29 is 46.1 Å². The summed E-state index contributed by atoms with van der Waals surface area (Å²) in [4.78, 5) is 22.1. The number of alkyl halides is 3. The van der Waals surface area contributed by atoms with Crippen LogP contribution in [-0.4, -0.2) is 30.6 Å². The molecule has 0 aromatic heterocycles. The first-order valence-electron chi connectivity index (χ1n) is 8.96. The summed E-state index contributed by atoms with van der Waals surface area (Å²) < 4.78 is 71.2. The number of para-hydroxylation sites is 2. The Kier molecular flexibility index (Phi) is 6.31. The lowest BCUT2D eigenvalue weighted by Crippen LogP contribution is -2.14. The van der Waals surface area contributed by atoms with Crippen LogP contribution in [0.3, 0.4) is 0 Å². The van der Waals surface area contributed by atoms with Crippen LogP contribution in [-0.2, 0) is 16.2 Å². The molecule has 0 fully saturated rings. The number of rotatable bonds is 7. The van der Waals surface area contributed by atoms with Crippen LogP contribution in [0.2, 0.25) is 0 Å². The third-order valence-corrected chi connectivity index (χ3v) is 5.68. The number of carboxylic acid groups (broad SMARTS) is 2. The average molecular weight is 481 g/mol. The van der Waals surface area contributed by atoms with E-state index in [-0.39, 0.29) is 17.2 Å². The van der Waals surface area contributed by atoms with Gasteiger partial charge in [-0.25, -0.2) is 18.0 Å². The van der Waals surface area contributed by atoms with Crippen LogP contribution in [0, 0.1) is 0 Å². The maximum absolute atomic E-state index is 12.7. The molecule has 0 saturated heterocycles. The Bertz CT molecular complexity index is 1320. The van der Waals surface area contributed by atoms with Gasteiger partial charge in [-0.15, -0.1) is 0 Å². The molecule has 3 N–H and O–H groups in total. The van der Waals surface area contributed by atoms with Crippen LogP contribution in [0.4, 0.5) is 18.9 Å². The summed E-state index contributed by atoms with van der Waals surface area (Å²) in [5.41, 5.74) is -2.10. The average Bonchev–Trinajstić information content (AvgIpc) is 2.74. The minimum absolute atomic E-state index is 0.0626. The Hall–Kier alpha value is -4.06. The van der Waals surface area contributed by atoms with E-state index in [0.717, 1.165) is 24.3 Å². The molecule has 3 rings (SSSR count). The van der Waals surface area contributed by atoms with Gasteiger partial charge < -0.3 is 14.9 Å². The lowest BCUT2D eigenvalue weighted by atomic mass is 10.1. The van der Waals surface area contributed by atoms with Gasteiger partial charge in [0.2, 0.25) is 0 Å². The van der Waals surface area contributed by atoms with Crippen molar-refractivity contribution in [3.05, 3.63) is 83.4 Å². The van der Waals surface area contributed by atoms with Gasteiger partial charge in [0.1, 0.15) is 5.75 Å². The Labute approximate surface area is 184 Å². The maximum Gasteiger partial charge on any atom is 0.416 e. The van der Waals surface area contributed by atoms with Crippen LogP contribution in [0.5, 0.6) is 11.5 Å². The first kappa shape index (κ1) is 23.6. The van der Waals surface area contributed by atoms with E-state index in [4.69, 9.17) is 9.84 Å². The number of nitrogens with one attached hydrogen (secondary N) is 1. The van der Waals surface area contributed by atoms with Crippen LogP contribution in [0.15, 0.2) is 71.6 Å². The summed E-state index contributed by atoms with van der Waals surface area (Å²) in [7, 11) is -4.30. The zero-order valence-electron chi connectivity index (χ0n) is 16.3. The molecule has 0 amide bonds. The van der Waals surface area contributed by atoms with E-state index in [1.54, 1.807) is 0 Å². The van der Waals surface area contributed by atoms with Crippen molar-refractivity contribution in [2.75, 3.05) is 4.72 Å². The molecule has 12 heteroatoms. The molecule has 0 spiro atoms. The number of carboxylic acids is 2. The number of hydrogen-bond donors (Lipinski definition) is 3. The molecule has 0 bridgehead atoms. The highest BCUT2D eigenvalue weighted by Crippen LogP contribution is 2.33. The third kappa shape index (κ3) is 5.41. The van der Waals surface area contributed by atoms with Gasteiger partial charge in [-0.2, -0.15) is 13.2 Å². The number of carbonyl (C=O) groups is 2. The quantitative estimate of drug-likeness (QED) is 0.446. The van der Waals surface area contributed by atoms with Crippen molar-refractivity contribution >= 4 is 27.6 Å². The fraction of sp³-hybridized carbons (Fsp3) is 0.0476. The second-order valence-corrected chi connectivity index (χ2v) is 8.23. The predicted molar refractivity (Wildman–Crippen MR) is 109 cm³/mol. The van der Waals surface area contributed by atoms with Crippen LogP contribution in [0.25, 0.3) is 0 Å². The summed E-state index contributed by atoms with van der Waals surface area (Å²) in [6.07, 6.45) is -4.62. The lowest BCUT2D eigenvalue weighted by molar-refractivity contribution is -0.137. The monoisotopic (exact) mass is 481 g/mol. The van der Waals surface area contributed by atoms with Crippen LogP contribution in [0.1, 0.15) is 26.3 Å². The largest absolute Gasteiger partial charge is 0.478 e. The minimum atomic E-state index is -4.62. The van der Waals surface area contributed by atoms with Crippen LogP contribution < -0.4 is 9.46 Å². The summed E-state index contributed by atoms with van der Waals surface area (Å²) >= 11 is 0. The number of aromatic carboxylic acids is 2. The van der Waals surface area contributed by atoms with Gasteiger partial charge in [-0.3, -0.25) is 4.72 Å². The van der Waals surface area contributed by atoms with Gasteiger partial charge in [0, 0.05) is 0 Å². The molecule has 0 heterocycles. The van der Waals surface area contributed by atoms with Crippen molar-refractivity contribution in [2.45, 2.75) is 11.1 Å². The first-order chi connectivity index (χ1) is 15.4. The van der Waals surface area contributed by atoms with E-state index in [2.05, 4.69) is 4.72 Å². The van der Waals surface area contributed by atoms with E-state index < -0.39 is 49.7 Å². The minimum Gasteiger partial charge on any atom is -0.478 e. The Morgan fingerprint density at radius 1 is 0.848 bits per heavy atom. The Balaban J connectivity index is 1.90. The maximum atomic E-state index is 12.7. The zero-order valence-corrected chi connectivity index (χ0v) is 17.1. The number of benzene rings is 3. The van der Waals surface area contributed by atoms with E-state index in [0.29, 0.717) is 12.1 Å². The van der Waals surface area contributed by atoms with Crippen molar-refractivity contribution in [3.63, 3.8) is 0 Å². The molecule has 3 aromatic carbocycles. The summed E-state index contributed by atoms with van der Waals surface area (Å²) in [5.74, 6) is -3.11. The number of sulfonamides is 1. The molecular formula is C21H14F3NO7S. The molecule has 33 heavy (non-hydrogen) atoms. The number of halogens is 3. The van der Waals surface area contributed by atoms with Crippen molar-refractivity contribution in [2.24, 2.45) is 0 Å². The van der Waals surface area contributed by atoms with Gasteiger partial charge in [0.25, 0.3) is 10.0 Å². The predicted octanol–water partition coefficient (Wildman–Crippen LogP) is 4.69. The fourth-order valence-electron chi connectivity index (χ4n) is 2.74. The highest BCUT2D eigenvalue weighted by atomic mass is 32.2. The molecule has 172 valence electrons. The standard InChI is InChI=1S/C21H14F3NO7S/c22-21(23,24)12-5-8-14(9-6-12)33(30,31)25-17-3-1-2-4-18(17)32-13-7-10-15(19(26)27)16(11-13)20(28)29/h1-11,25H,(H,26,27)(H,28,29). The molecule has 0 unspecified atom stereocenters. The lowest BCUT2D eigenvalue weighted by Gasteiger charge is -2.14.